The summed E-state index contributed by atoms with van der Waals surface area (Å²) in [5.41, 5.74) is 10.8. The van der Waals surface area contributed by atoms with Gasteiger partial charge in [-0.05, 0) is 48.1 Å². The van der Waals surface area contributed by atoms with Crippen molar-refractivity contribution in [3.8, 4) is 0 Å². The van der Waals surface area contributed by atoms with Gasteiger partial charge in [0.25, 0.3) is 0 Å². The number of nitrogens with two attached hydrogens (primary N) is 1. The topological polar surface area (TPSA) is 26.0 Å². The van der Waals surface area contributed by atoms with Crippen LogP contribution in [0.15, 0.2) is 48.5 Å². The van der Waals surface area contributed by atoms with Crippen LogP contribution >= 0.6 is 0 Å². The Bertz CT molecular complexity index is 700. The second kappa shape index (κ2) is 19.5. The van der Waals surface area contributed by atoms with Gasteiger partial charge in [-0.2, -0.15) is 0 Å². The lowest BCUT2D eigenvalue weighted by atomic mass is 10.0. The lowest BCUT2D eigenvalue weighted by Crippen LogP contribution is -1.91. The zero-order valence-electron chi connectivity index (χ0n) is 22.3. The average molecular weight is 464 g/mol. The van der Waals surface area contributed by atoms with Gasteiger partial charge in [0.1, 0.15) is 0 Å². The molecule has 0 radical (unpaired) electrons. The fraction of sp³-hybridized carbons (Fsp3) is 0.636. The fourth-order valence-corrected chi connectivity index (χ4v) is 4.93. The van der Waals surface area contributed by atoms with Gasteiger partial charge in [0.2, 0.25) is 0 Å². The minimum atomic E-state index is 0.837. The summed E-state index contributed by atoms with van der Waals surface area (Å²) < 4.78 is 0. The zero-order valence-corrected chi connectivity index (χ0v) is 22.3. The third-order valence-electron chi connectivity index (χ3n) is 7.23. The van der Waals surface area contributed by atoms with E-state index in [9.17, 15) is 0 Å². The van der Waals surface area contributed by atoms with Crippen molar-refractivity contribution in [3.05, 3.63) is 65.2 Å². The minimum absolute atomic E-state index is 0.837. The van der Waals surface area contributed by atoms with Gasteiger partial charge in [-0.25, -0.2) is 0 Å². The molecule has 0 unspecified atom stereocenters. The Morgan fingerprint density at radius 1 is 0.412 bits per heavy atom. The van der Waals surface area contributed by atoms with Crippen LogP contribution in [-0.4, -0.2) is 0 Å². The lowest BCUT2D eigenvalue weighted by Gasteiger charge is -2.06. The van der Waals surface area contributed by atoms with Gasteiger partial charge in [0, 0.05) is 5.69 Å². The molecule has 0 spiro atoms. The van der Waals surface area contributed by atoms with Gasteiger partial charge in [-0.1, -0.05) is 152 Å². The van der Waals surface area contributed by atoms with E-state index in [2.05, 4.69) is 43.3 Å². The number of rotatable bonds is 21. The Kier molecular flexibility index (Phi) is 16.4. The number of unbranched alkanes of at least 4 members (excludes halogenated alkanes) is 17. The molecule has 0 aliphatic rings. The van der Waals surface area contributed by atoms with Crippen LogP contribution in [0.4, 0.5) is 5.69 Å². The molecule has 0 heterocycles. The number of hydrogen-bond acceptors (Lipinski definition) is 1. The van der Waals surface area contributed by atoms with E-state index in [1.807, 2.05) is 12.1 Å². The van der Waals surface area contributed by atoms with Crippen LogP contribution in [0.25, 0.3) is 0 Å². The first-order chi connectivity index (χ1) is 16.8. The predicted molar refractivity (Wildman–Crippen MR) is 153 cm³/mol. The summed E-state index contributed by atoms with van der Waals surface area (Å²) >= 11 is 0. The molecular weight excluding hydrogens is 410 g/mol. The Morgan fingerprint density at radius 2 is 0.735 bits per heavy atom. The quantitative estimate of drug-likeness (QED) is 0.144. The molecule has 0 aliphatic carbocycles. The SMILES string of the molecule is CCCCCCCCCCCCCCCCCCCCc1ccc(Cc2ccc(N)cc2)cc1. The summed E-state index contributed by atoms with van der Waals surface area (Å²) in [6, 6.07) is 17.5. The third kappa shape index (κ3) is 14.5. The summed E-state index contributed by atoms with van der Waals surface area (Å²) in [7, 11) is 0. The summed E-state index contributed by atoms with van der Waals surface area (Å²) in [5, 5.41) is 0. The molecule has 0 saturated carbocycles. The van der Waals surface area contributed by atoms with E-state index in [1.54, 1.807) is 0 Å². The molecule has 1 heteroatoms. The summed E-state index contributed by atoms with van der Waals surface area (Å²) in [4.78, 5) is 0. The first kappa shape index (κ1) is 28.5. The highest BCUT2D eigenvalue weighted by molar-refractivity contribution is 5.40. The molecule has 1 nitrogen and oxygen atoms in total. The highest BCUT2D eigenvalue weighted by atomic mass is 14.5. The van der Waals surface area contributed by atoms with Crippen LogP contribution in [0.3, 0.4) is 0 Å². The van der Waals surface area contributed by atoms with Crippen molar-refractivity contribution in [1.29, 1.82) is 0 Å². The van der Waals surface area contributed by atoms with E-state index in [4.69, 9.17) is 5.73 Å². The van der Waals surface area contributed by atoms with Gasteiger partial charge in [0.05, 0.1) is 0 Å². The largest absolute Gasteiger partial charge is 0.399 e. The Balaban J connectivity index is 1.35. The molecule has 0 bridgehead atoms. The van der Waals surface area contributed by atoms with Crippen molar-refractivity contribution in [2.24, 2.45) is 0 Å². The predicted octanol–water partition coefficient (Wildman–Crippen LogP) is 10.4. The van der Waals surface area contributed by atoms with Crippen molar-refractivity contribution in [1.82, 2.24) is 0 Å². The zero-order chi connectivity index (χ0) is 24.1. The van der Waals surface area contributed by atoms with Crippen molar-refractivity contribution >= 4 is 5.69 Å². The van der Waals surface area contributed by atoms with E-state index < -0.39 is 0 Å². The molecule has 2 aromatic carbocycles. The molecule has 2 N–H and O–H groups in total. The van der Waals surface area contributed by atoms with Crippen molar-refractivity contribution < 1.29 is 0 Å². The second-order valence-corrected chi connectivity index (χ2v) is 10.5. The van der Waals surface area contributed by atoms with E-state index in [0.717, 1.165) is 12.1 Å². The normalized spacial score (nSPS) is 11.2. The molecule has 0 saturated heterocycles. The standard InChI is InChI=1S/C33H53N/c1-2-3-4-5-6-7-8-9-10-11-12-13-14-15-16-17-18-19-20-30-21-23-31(24-22-30)29-32-25-27-33(34)28-26-32/h21-28H,2-20,29,34H2,1H3. The number of aryl methyl sites for hydroxylation is 1. The van der Waals surface area contributed by atoms with Gasteiger partial charge >= 0.3 is 0 Å². The van der Waals surface area contributed by atoms with E-state index in [-0.39, 0.29) is 0 Å². The molecule has 0 atom stereocenters. The number of nitrogen functional groups attached to an aromatic ring is 1. The van der Waals surface area contributed by atoms with E-state index in [0.29, 0.717) is 0 Å². The molecule has 2 aromatic rings. The highest BCUT2D eigenvalue weighted by Crippen LogP contribution is 2.16. The lowest BCUT2D eigenvalue weighted by molar-refractivity contribution is 0.525. The van der Waals surface area contributed by atoms with Gasteiger partial charge in [-0.3, -0.25) is 0 Å². The van der Waals surface area contributed by atoms with Crippen molar-refractivity contribution in [3.63, 3.8) is 0 Å². The fourth-order valence-electron chi connectivity index (χ4n) is 4.93. The third-order valence-corrected chi connectivity index (χ3v) is 7.23. The molecule has 190 valence electrons. The van der Waals surface area contributed by atoms with Crippen molar-refractivity contribution in [2.45, 2.75) is 135 Å². The average Bonchev–Trinajstić information content (AvgIpc) is 2.85. The summed E-state index contributed by atoms with van der Waals surface area (Å²) in [6.07, 6.45) is 28.1. The van der Waals surface area contributed by atoms with Crippen LogP contribution in [0.2, 0.25) is 0 Å². The Morgan fingerprint density at radius 3 is 1.15 bits per heavy atom. The molecule has 34 heavy (non-hydrogen) atoms. The Labute approximate surface area is 211 Å². The second-order valence-electron chi connectivity index (χ2n) is 10.5. The summed E-state index contributed by atoms with van der Waals surface area (Å²) in [5.74, 6) is 0. The van der Waals surface area contributed by atoms with Crippen LogP contribution < -0.4 is 5.73 Å². The van der Waals surface area contributed by atoms with Crippen molar-refractivity contribution in [2.75, 3.05) is 5.73 Å². The number of hydrogen-bond donors (Lipinski definition) is 1. The van der Waals surface area contributed by atoms with Gasteiger partial charge in [0.15, 0.2) is 0 Å². The molecule has 2 rings (SSSR count). The number of anilines is 1. The van der Waals surface area contributed by atoms with Gasteiger partial charge < -0.3 is 5.73 Å². The van der Waals surface area contributed by atoms with E-state index >= 15 is 0 Å². The maximum atomic E-state index is 5.78. The van der Waals surface area contributed by atoms with Gasteiger partial charge in [-0.15, -0.1) is 0 Å². The highest BCUT2D eigenvalue weighted by Gasteiger charge is 1.99. The first-order valence-corrected chi connectivity index (χ1v) is 14.7. The maximum absolute atomic E-state index is 5.78. The maximum Gasteiger partial charge on any atom is 0.0314 e. The van der Waals surface area contributed by atoms with E-state index in [1.165, 1.54) is 139 Å². The minimum Gasteiger partial charge on any atom is -0.399 e. The molecule has 0 aliphatic heterocycles. The summed E-state index contributed by atoms with van der Waals surface area (Å²) in [6.45, 7) is 2.30. The van der Waals surface area contributed by atoms with Crippen LogP contribution in [0, 0.1) is 0 Å². The molecule has 0 aromatic heterocycles. The Hall–Kier alpha value is -1.76. The molecule has 0 fully saturated rings. The first-order valence-electron chi connectivity index (χ1n) is 14.7. The van der Waals surface area contributed by atoms with Crippen LogP contribution in [-0.2, 0) is 12.8 Å². The van der Waals surface area contributed by atoms with Crippen LogP contribution in [0.5, 0.6) is 0 Å². The monoisotopic (exact) mass is 463 g/mol. The molecule has 0 amide bonds. The smallest absolute Gasteiger partial charge is 0.0314 e. The number of benzene rings is 2. The molecular formula is C33H53N. The van der Waals surface area contributed by atoms with Crippen LogP contribution in [0.1, 0.15) is 139 Å².